The number of aliphatic imine (C=N–C) groups is 1. The smallest absolute Gasteiger partial charge is 0.191 e. The van der Waals surface area contributed by atoms with Crippen LogP contribution in [-0.4, -0.2) is 62.8 Å². The molecule has 2 N–H and O–H groups in total. The van der Waals surface area contributed by atoms with Gasteiger partial charge in [0.25, 0.3) is 0 Å². The third kappa shape index (κ3) is 7.34. The molecule has 0 aromatic carbocycles. The fourth-order valence-electron chi connectivity index (χ4n) is 3.03. The summed E-state index contributed by atoms with van der Waals surface area (Å²) in [5.74, 6) is 2.02. The number of rotatable bonds is 8. The Labute approximate surface area is 156 Å². The van der Waals surface area contributed by atoms with Gasteiger partial charge in [-0.3, -0.25) is 9.89 Å². The van der Waals surface area contributed by atoms with Crippen LogP contribution < -0.4 is 10.6 Å². The SMILES string of the molecule is CCNC(=NCC(C)c1ccsc1)NCC1CN(CC(C)C)CCO1. The summed E-state index contributed by atoms with van der Waals surface area (Å²) < 4.78 is 5.92. The Morgan fingerprint density at radius 3 is 2.92 bits per heavy atom. The van der Waals surface area contributed by atoms with Gasteiger partial charge in [-0.15, -0.1) is 0 Å². The molecule has 0 saturated carbocycles. The van der Waals surface area contributed by atoms with Crippen molar-refractivity contribution in [1.29, 1.82) is 0 Å². The van der Waals surface area contributed by atoms with Crippen molar-refractivity contribution >= 4 is 17.3 Å². The van der Waals surface area contributed by atoms with Crippen LogP contribution in [0, 0.1) is 5.92 Å². The van der Waals surface area contributed by atoms with Crippen LogP contribution in [0.4, 0.5) is 0 Å². The largest absolute Gasteiger partial charge is 0.374 e. The lowest BCUT2D eigenvalue weighted by Gasteiger charge is -2.34. The number of hydrogen-bond donors (Lipinski definition) is 2. The second kappa shape index (κ2) is 10.8. The van der Waals surface area contributed by atoms with Gasteiger partial charge in [-0.25, -0.2) is 0 Å². The minimum absolute atomic E-state index is 0.227. The molecule has 25 heavy (non-hydrogen) atoms. The Morgan fingerprint density at radius 2 is 2.24 bits per heavy atom. The number of ether oxygens (including phenoxy) is 1. The highest BCUT2D eigenvalue weighted by Gasteiger charge is 2.21. The second-order valence-electron chi connectivity index (χ2n) is 7.20. The van der Waals surface area contributed by atoms with E-state index in [1.165, 1.54) is 5.56 Å². The minimum Gasteiger partial charge on any atom is -0.374 e. The Morgan fingerprint density at radius 1 is 1.40 bits per heavy atom. The number of hydrogen-bond acceptors (Lipinski definition) is 4. The predicted octanol–water partition coefficient (Wildman–Crippen LogP) is 2.76. The van der Waals surface area contributed by atoms with E-state index in [1.807, 2.05) is 0 Å². The van der Waals surface area contributed by atoms with Crippen molar-refractivity contribution in [1.82, 2.24) is 15.5 Å². The Kier molecular flexibility index (Phi) is 8.72. The quantitative estimate of drug-likeness (QED) is 0.549. The van der Waals surface area contributed by atoms with E-state index in [9.17, 15) is 0 Å². The van der Waals surface area contributed by atoms with Gasteiger partial charge in [-0.2, -0.15) is 11.3 Å². The van der Waals surface area contributed by atoms with Gasteiger partial charge in [0.2, 0.25) is 0 Å². The van der Waals surface area contributed by atoms with Crippen LogP contribution in [0.25, 0.3) is 0 Å². The van der Waals surface area contributed by atoms with Crippen LogP contribution in [0.1, 0.15) is 39.2 Å². The molecular weight excluding hydrogens is 332 g/mol. The van der Waals surface area contributed by atoms with E-state index in [2.05, 4.69) is 60.1 Å². The zero-order chi connectivity index (χ0) is 18.1. The minimum atomic E-state index is 0.227. The molecule has 0 radical (unpaired) electrons. The van der Waals surface area contributed by atoms with Crippen molar-refractivity contribution in [2.24, 2.45) is 10.9 Å². The number of nitrogens with one attached hydrogen (secondary N) is 2. The molecule has 1 aliphatic rings. The van der Waals surface area contributed by atoms with Crippen LogP contribution in [0.5, 0.6) is 0 Å². The fourth-order valence-corrected chi connectivity index (χ4v) is 3.81. The van der Waals surface area contributed by atoms with Crippen LogP contribution in [0.15, 0.2) is 21.8 Å². The highest BCUT2D eigenvalue weighted by atomic mass is 32.1. The van der Waals surface area contributed by atoms with Gasteiger partial charge in [-0.1, -0.05) is 20.8 Å². The van der Waals surface area contributed by atoms with Gasteiger partial charge in [-0.05, 0) is 35.2 Å². The number of thiophene rings is 1. The molecule has 0 aliphatic carbocycles. The van der Waals surface area contributed by atoms with Crippen LogP contribution in [0.2, 0.25) is 0 Å². The number of nitrogens with zero attached hydrogens (tertiary/aromatic N) is 2. The van der Waals surface area contributed by atoms with Crippen LogP contribution in [0.3, 0.4) is 0 Å². The van der Waals surface area contributed by atoms with Crippen molar-refractivity contribution < 1.29 is 4.74 Å². The van der Waals surface area contributed by atoms with E-state index in [0.29, 0.717) is 11.8 Å². The molecule has 1 saturated heterocycles. The standard InChI is InChI=1S/C19H34N4OS/c1-5-20-19(21-10-16(4)17-6-9-25-14-17)22-11-18-13-23(7-8-24-18)12-15(2)3/h6,9,14-16,18H,5,7-8,10-13H2,1-4H3,(H2,20,21,22). The van der Waals surface area contributed by atoms with Crippen molar-refractivity contribution in [3.63, 3.8) is 0 Å². The molecule has 1 aromatic rings. The fraction of sp³-hybridized carbons (Fsp3) is 0.737. The summed E-state index contributed by atoms with van der Waals surface area (Å²) in [7, 11) is 0. The lowest BCUT2D eigenvalue weighted by atomic mass is 10.1. The molecule has 0 spiro atoms. The molecule has 142 valence electrons. The first-order chi connectivity index (χ1) is 12.1. The third-order valence-corrected chi connectivity index (χ3v) is 5.02. The Hall–Kier alpha value is -1.11. The lowest BCUT2D eigenvalue weighted by Crippen LogP contribution is -2.50. The van der Waals surface area contributed by atoms with Gasteiger partial charge in [0.05, 0.1) is 12.7 Å². The van der Waals surface area contributed by atoms with E-state index in [0.717, 1.165) is 51.8 Å². The van der Waals surface area contributed by atoms with E-state index >= 15 is 0 Å². The summed E-state index contributed by atoms with van der Waals surface area (Å²) in [6.45, 7) is 15.3. The summed E-state index contributed by atoms with van der Waals surface area (Å²) >= 11 is 1.74. The van der Waals surface area contributed by atoms with Crippen molar-refractivity contribution in [2.45, 2.75) is 39.7 Å². The van der Waals surface area contributed by atoms with Crippen molar-refractivity contribution in [2.75, 3.05) is 45.9 Å². The summed E-state index contributed by atoms with van der Waals surface area (Å²) in [5, 5.41) is 11.1. The monoisotopic (exact) mass is 366 g/mol. The summed E-state index contributed by atoms with van der Waals surface area (Å²) in [4.78, 5) is 7.25. The van der Waals surface area contributed by atoms with Crippen molar-refractivity contribution in [3.05, 3.63) is 22.4 Å². The molecule has 6 heteroatoms. The second-order valence-corrected chi connectivity index (χ2v) is 7.98. The summed E-state index contributed by atoms with van der Waals surface area (Å²) in [5.41, 5.74) is 1.37. The first kappa shape index (κ1) is 20.2. The summed E-state index contributed by atoms with van der Waals surface area (Å²) in [6, 6.07) is 2.18. The van der Waals surface area contributed by atoms with Gasteiger partial charge < -0.3 is 15.4 Å². The molecule has 2 heterocycles. The Balaban J connectivity index is 1.81. The maximum atomic E-state index is 5.92. The highest BCUT2D eigenvalue weighted by molar-refractivity contribution is 7.07. The first-order valence-corrected chi connectivity index (χ1v) is 10.4. The maximum Gasteiger partial charge on any atom is 0.191 e. The maximum absolute atomic E-state index is 5.92. The zero-order valence-corrected chi connectivity index (χ0v) is 16.9. The topological polar surface area (TPSA) is 48.9 Å². The number of guanidine groups is 1. The zero-order valence-electron chi connectivity index (χ0n) is 16.1. The van der Waals surface area contributed by atoms with Gasteiger partial charge in [0.1, 0.15) is 0 Å². The molecular formula is C19H34N4OS. The molecule has 1 aliphatic heterocycles. The Bertz CT molecular complexity index is 504. The van der Waals surface area contributed by atoms with Crippen LogP contribution in [-0.2, 0) is 4.74 Å². The predicted molar refractivity (Wildman–Crippen MR) is 108 cm³/mol. The van der Waals surface area contributed by atoms with E-state index < -0.39 is 0 Å². The lowest BCUT2D eigenvalue weighted by molar-refractivity contribution is -0.0284. The van der Waals surface area contributed by atoms with E-state index in [1.54, 1.807) is 11.3 Å². The molecule has 5 nitrogen and oxygen atoms in total. The molecule has 2 rings (SSSR count). The average Bonchev–Trinajstić information content (AvgIpc) is 3.11. The van der Waals surface area contributed by atoms with Gasteiger partial charge >= 0.3 is 0 Å². The number of morpholine rings is 1. The van der Waals surface area contributed by atoms with E-state index in [-0.39, 0.29) is 6.10 Å². The average molecular weight is 367 g/mol. The molecule has 0 amide bonds. The third-order valence-electron chi connectivity index (χ3n) is 4.32. The van der Waals surface area contributed by atoms with Gasteiger partial charge in [0, 0.05) is 45.2 Å². The first-order valence-electron chi connectivity index (χ1n) is 9.46. The molecule has 2 unspecified atom stereocenters. The highest BCUT2D eigenvalue weighted by Crippen LogP contribution is 2.18. The van der Waals surface area contributed by atoms with Gasteiger partial charge in [0.15, 0.2) is 5.96 Å². The molecule has 1 aromatic heterocycles. The summed E-state index contributed by atoms with van der Waals surface area (Å²) in [6.07, 6.45) is 0.227. The molecule has 0 bridgehead atoms. The molecule has 1 fully saturated rings. The normalized spacial score (nSPS) is 20.7. The van der Waals surface area contributed by atoms with Crippen molar-refractivity contribution in [3.8, 4) is 0 Å². The van der Waals surface area contributed by atoms with Crippen LogP contribution >= 0.6 is 11.3 Å². The molecule has 2 atom stereocenters. The van der Waals surface area contributed by atoms with E-state index in [4.69, 9.17) is 9.73 Å².